The molecule has 0 saturated carbocycles. The Balaban J connectivity index is 2.25. The predicted octanol–water partition coefficient (Wildman–Crippen LogP) is 4.13. The molecule has 1 atom stereocenters. The number of dihydropyridines is 1. The lowest BCUT2D eigenvalue weighted by atomic mass is 9.81. The lowest BCUT2D eigenvalue weighted by molar-refractivity contribution is -0.139. The van der Waals surface area contributed by atoms with Gasteiger partial charge in [0.25, 0.3) is 0 Å². The van der Waals surface area contributed by atoms with Crippen molar-refractivity contribution >= 4 is 29.4 Å². The second-order valence-electron chi connectivity index (χ2n) is 6.71. The standard InChI is InChI=1S/C24H21FN2O4S/c1-3-31-24(29)21-20(16-10-7-11-17(25)12-16)18(13-26)23(32-14-19(28)30-2)27-22(21)15-8-5-4-6-9-15/h4-12,20,27H,3,14H2,1-2H3/t20-/m0/s1. The van der Waals surface area contributed by atoms with Crippen LogP contribution in [0.4, 0.5) is 4.39 Å². The van der Waals surface area contributed by atoms with E-state index in [0.717, 1.165) is 11.8 Å². The van der Waals surface area contributed by atoms with Gasteiger partial charge in [-0.05, 0) is 30.2 Å². The van der Waals surface area contributed by atoms with Crippen LogP contribution in [-0.4, -0.2) is 31.4 Å². The predicted molar refractivity (Wildman–Crippen MR) is 119 cm³/mol. The van der Waals surface area contributed by atoms with E-state index in [0.29, 0.717) is 21.9 Å². The number of thioether (sulfide) groups is 1. The lowest BCUT2D eigenvalue weighted by Gasteiger charge is -2.30. The van der Waals surface area contributed by atoms with Gasteiger partial charge in [-0.3, -0.25) is 4.79 Å². The second-order valence-corrected chi connectivity index (χ2v) is 7.69. The number of halogens is 1. The molecular weight excluding hydrogens is 431 g/mol. The van der Waals surface area contributed by atoms with Gasteiger partial charge in [0.15, 0.2) is 0 Å². The molecule has 0 amide bonds. The van der Waals surface area contributed by atoms with E-state index in [1.165, 1.54) is 25.3 Å². The highest BCUT2D eigenvalue weighted by atomic mass is 32.2. The molecule has 1 heterocycles. The molecule has 0 spiro atoms. The molecule has 0 radical (unpaired) electrons. The van der Waals surface area contributed by atoms with Crippen molar-refractivity contribution < 1.29 is 23.5 Å². The molecule has 8 heteroatoms. The molecule has 0 bridgehead atoms. The molecule has 2 aromatic rings. The molecule has 164 valence electrons. The van der Waals surface area contributed by atoms with Gasteiger partial charge in [-0.15, -0.1) is 0 Å². The minimum Gasteiger partial charge on any atom is -0.468 e. The third-order valence-corrected chi connectivity index (χ3v) is 5.74. The highest BCUT2D eigenvalue weighted by Crippen LogP contribution is 2.43. The fraction of sp³-hybridized carbons (Fsp3) is 0.208. The number of carbonyl (C=O) groups is 2. The number of allylic oxidation sites excluding steroid dienone is 1. The van der Waals surface area contributed by atoms with Gasteiger partial charge in [-0.2, -0.15) is 5.26 Å². The van der Waals surface area contributed by atoms with Gasteiger partial charge in [-0.1, -0.05) is 54.2 Å². The Kier molecular flexibility index (Phi) is 7.68. The maximum atomic E-state index is 14.1. The molecule has 32 heavy (non-hydrogen) atoms. The molecule has 1 N–H and O–H groups in total. The summed E-state index contributed by atoms with van der Waals surface area (Å²) >= 11 is 1.08. The largest absolute Gasteiger partial charge is 0.468 e. The average molecular weight is 453 g/mol. The highest BCUT2D eigenvalue weighted by molar-refractivity contribution is 8.03. The van der Waals surface area contributed by atoms with E-state index in [-0.39, 0.29) is 23.5 Å². The number of carbonyl (C=O) groups excluding carboxylic acids is 2. The van der Waals surface area contributed by atoms with Gasteiger partial charge in [0, 0.05) is 0 Å². The number of nitrogens with one attached hydrogen (secondary N) is 1. The Labute approximate surface area is 189 Å². The summed E-state index contributed by atoms with van der Waals surface area (Å²) in [4.78, 5) is 24.8. The third kappa shape index (κ3) is 5.01. The molecule has 6 nitrogen and oxygen atoms in total. The zero-order valence-corrected chi connectivity index (χ0v) is 18.4. The maximum absolute atomic E-state index is 14.1. The number of hydrogen-bond donors (Lipinski definition) is 1. The molecule has 0 aliphatic carbocycles. The minimum absolute atomic E-state index is 0.0449. The van der Waals surface area contributed by atoms with Gasteiger partial charge < -0.3 is 14.8 Å². The van der Waals surface area contributed by atoms with Crippen LogP contribution < -0.4 is 5.32 Å². The van der Waals surface area contributed by atoms with Crippen molar-refractivity contribution in [2.24, 2.45) is 0 Å². The van der Waals surface area contributed by atoms with Gasteiger partial charge in [0.05, 0.1) is 53.3 Å². The maximum Gasteiger partial charge on any atom is 0.337 e. The number of methoxy groups -OCH3 is 1. The Morgan fingerprint density at radius 3 is 2.56 bits per heavy atom. The fourth-order valence-electron chi connectivity index (χ4n) is 3.37. The Morgan fingerprint density at radius 2 is 1.94 bits per heavy atom. The smallest absolute Gasteiger partial charge is 0.337 e. The first-order valence-electron chi connectivity index (χ1n) is 9.83. The Bertz CT molecular complexity index is 1120. The van der Waals surface area contributed by atoms with E-state index >= 15 is 0 Å². The van der Waals surface area contributed by atoms with Crippen molar-refractivity contribution in [3.63, 3.8) is 0 Å². The van der Waals surface area contributed by atoms with E-state index in [1.54, 1.807) is 13.0 Å². The summed E-state index contributed by atoms with van der Waals surface area (Å²) in [6.45, 7) is 1.82. The van der Waals surface area contributed by atoms with E-state index in [4.69, 9.17) is 9.47 Å². The number of benzene rings is 2. The summed E-state index contributed by atoms with van der Waals surface area (Å²) < 4.78 is 24.2. The highest BCUT2D eigenvalue weighted by Gasteiger charge is 2.37. The second kappa shape index (κ2) is 10.6. The summed E-state index contributed by atoms with van der Waals surface area (Å²) in [5.41, 5.74) is 1.93. The van der Waals surface area contributed by atoms with Crippen molar-refractivity contribution in [1.29, 1.82) is 5.26 Å². The van der Waals surface area contributed by atoms with Crippen molar-refractivity contribution in [3.05, 3.63) is 87.7 Å². The van der Waals surface area contributed by atoms with Crippen LogP contribution in [0.1, 0.15) is 24.0 Å². The number of nitriles is 1. The number of ether oxygens (including phenoxy) is 2. The Hall–Kier alpha value is -3.57. The van der Waals surface area contributed by atoms with Crippen molar-refractivity contribution in [3.8, 4) is 6.07 Å². The van der Waals surface area contributed by atoms with Crippen LogP contribution >= 0.6 is 11.8 Å². The van der Waals surface area contributed by atoms with Gasteiger partial charge in [0.1, 0.15) is 5.82 Å². The summed E-state index contributed by atoms with van der Waals surface area (Å²) in [5, 5.41) is 13.6. The van der Waals surface area contributed by atoms with Crippen LogP contribution in [0, 0.1) is 17.1 Å². The summed E-state index contributed by atoms with van der Waals surface area (Å²) in [6.07, 6.45) is 0. The van der Waals surface area contributed by atoms with E-state index < -0.39 is 23.7 Å². The van der Waals surface area contributed by atoms with E-state index in [9.17, 15) is 19.2 Å². The molecule has 0 saturated heterocycles. The first-order chi connectivity index (χ1) is 15.5. The molecule has 1 aliphatic rings. The van der Waals surface area contributed by atoms with E-state index in [2.05, 4.69) is 11.4 Å². The van der Waals surface area contributed by atoms with E-state index in [1.807, 2.05) is 30.3 Å². The third-order valence-electron chi connectivity index (χ3n) is 4.75. The molecule has 2 aromatic carbocycles. The summed E-state index contributed by atoms with van der Waals surface area (Å²) in [6, 6.07) is 17.0. The van der Waals surface area contributed by atoms with Crippen LogP contribution in [0.3, 0.4) is 0 Å². The molecule has 3 rings (SSSR count). The van der Waals surface area contributed by atoms with Crippen LogP contribution in [-0.2, 0) is 19.1 Å². The van der Waals surface area contributed by atoms with Crippen LogP contribution in [0.2, 0.25) is 0 Å². The number of nitrogens with zero attached hydrogens (tertiary/aromatic N) is 1. The van der Waals surface area contributed by atoms with Gasteiger partial charge >= 0.3 is 11.9 Å². The molecular formula is C24H21FN2O4S. The average Bonchev–Trinajstić information content (AvgIpc) is 2.82. The molecule has 0 aromatic heterocycles. The summed E-state index contributed by atoms with van der Waals surface area (Å²) in [7, 11) is 1.28. The monoisotopic (exact) mass is 452 g/mol. The zero-order valence-electron chi connectivity index (χ0n) is 17.6. The normalized spacial score (nSPS) is 15.6. The first kappa shape index (κ1) is 23.1. The van der Waals surface area contributed by atoms with Gasteiger partial charge in [-0.25, -0.2) is 9.18 Å². The quantitative estimate of drug-likeness (QED) is 0.632. The summed E-state index contributed by atoms with van der Waals surface area (Å²) in [5.74, 6) is -2.50. The van der Waals surface area contributed by atoms with Crippen LogP contribution in [0.5, 0.6) is 0 Å². The fourth-order valence-corrected chi connectivity index (χ4v) is 4.24. The van der Waals surface area contributed by atoms with Crippen LogP contribution in [0.15, 0.2) is 70.8 Å². The van der Waals surface area contributed by atoms with Crippen molar-refractivity contribution in [1.82, 2.24) is 5.32 Å². The van der Waals surface area contributed by atoms with Gasteiger partial charge in [0.2, 0.25) is 0 Å². The topological polar surface area (TPSA) is 88.4 Å². The van der Waals surface area contributed by atoms with Crippen LogP contribution in [0.25, 0.3) is 5.70 Å². The SMILES string of the molecule is CCOC(=O)C1=C(c2ccccc2)NC(SCC(=O)OC)=C(C#N)[C@@H]1c1cccc(F)c1. The first-order valence-corrected chi connectivity index (χ1v) is 10.8. The molecule has 0 fully saturated rings. The van der Waals surface area contributed by atoms with Crippen molar-refractivity contribution in [2.45, 2.75) is 12.8 Å². The minimum atomic E-state index is -0.883. The van der Waals surface area contributed by atoms with Crippen molar-refractivity contribution in [2.75, 3.05) is 19.5 Å². The Morgan fingerprint density at radius 1 is 1.19 bits per heavy atom. The zero-order chi connectivity index (χ0) is 23.1. The number of hydrogen-bond acceptors (Lipinski definition) is 7. The molecule has 1 aliphatic heterocycles. The lowest BCUT2D eigenvalue weighted by Crippen LogP contribution is -2.29. The number of rotatable bonds is 7. The number of esters is 2. The molecule has 0 unspecified atom stereocenters.